The number of hydrogen-bond donors (Lipinski definition) is 1. The van der Waals surface area contributed by atoms with E-state index in [-0.39, 0.29) is 17.8 Å². The molecule has 0 aromatic heterocycles. The molecule has 1 fully saturated rings. The van der Waals surface area contributed by atoms with E-state index >= 15 is 0 Å². The summed E-state index contributed by atoms with van der Waals surface area (Å²) in [5, 5.41) is 2.83. The molecule has 1 heterocycles. The van der Waals surface area contributed by atoms with Crippen LogP contribution in [0.2, 0.25) is 0 Å². The van der Waals surface area contributed by atoms with Gasteiger partial charge in [0.15, 0.2) is 0 Å². The molecule has 3 rings (SSSR count). The number of nitrogens with one attached hydrogen (secondary N) is 1. The average Bonchev–Trinajstić information content (AvgIpc) is 3.19. The van der Waals surface area contributed by atoms with Crippen molar-refractivity contribution < 1.29 is 23.4 Å². The standard InChI is InChI=1S/C21H24FNO4/c1-15(26-14-20-6-3-11-25-20)21(24)23-18-4-2-5-19(12-18)27-13-16-7-9-17(22)10-8-16/h2,4-5,7-10,12,15,20H,3,6,11,13-14H2,1H3,(H,23,24). The summed E-state index contributed by atoms with van der Waals surface area (Å²) in [6.07, 6.45) is 1.53. The molecule has 1 aliphatic rings. The Balaban J connectivity index is 1.48. The number of amides is 1. The lowest BCUT2D eigenvalue weighted by Gasteiger charge is -2.16. The second-order valence-corrected chi connectivity index (χ2v) is 6.54. The Kier molecular flexibility index (Phi) is 6.79. The van der Waals surface area contributed by atoms with E-state index in [0.29, 0.717) is 24.7 Å². The first-order valence-corrected chi connectivity index (χ1v) is 9.11. The van der Waals surface area contributed by atoms with Crippen molar-refractivity contribution >= 4 is 11.6 Å². The Bertz CT molecular complexity index is 744. The molecule has 0 bridgehead atoms. The van der Waals surface area contributed by atoms with Gasteiger partial charge < -0.3 is 19.5 Å². The second kappa shape index (κ2) is 9.48. The maximum absolute atomic E-state index is 12.9. The van der Waals surface area contributed by atoms with Crippen LogP contribution in [0.5, 0.6) is 5.75 Å². The first-order valence-electron chi connectivity index (χ1n) is 9.11. The zero-order valence-corrected chi connectivity index (χ0v) is 15.3. The highest BCUT2D eigenvalue weighted by Gasteiger charge is 2.20. The van der Waals surface area contributed by atoms with E-state index in [2.05, 4.69) is 5.32 Å². The van der Waals surface area contributed by atoms with Gasteiger partial charge >= 0.3 is 0 Å². The number of carbonyl (C=O) groups is 1. The van der Waals surface area contributed by atoms with Crippen molar-refractivity contribution in [3.05, 3.63) is 59.9 Å². The summed E-state index contributed by atoms with van der Waals surface area (Å²) < 4.78 is 29.7. The molecule has 6 heteroatoms. The van der Waals surface area contributed by atoms with Crippen molar-refractivity contribution in [2.75, 3.05) is 18.5 Å². The van der Waals surface area contributed by atoms with Gasteiger partial charge in [0.1, 0.15) is 24.3 Å². The molecule has 1 N–H and O–H groups in total. The van der Waals surface area contributed by atoms with Crippen LogP contribution in [-0.2, 0) is 20.9 Å². The molecule has 5 nitrogen and oxygen atoms in total. The van der Waals surface area contributed by atoms with Crippen LogP contribution >= 0.6 is 0 Å². The van der Waals surface area contributed by atoms with Crippen LogP contribution in [0.4, 0.5) is 10.1 Å². The molecule has 2 atom stereocenters. The fraction of sp³-hybridized carbons (Fsp3) is 0.381. The molecule has 0 radical (unpaired) electrons. The van der Waals surface area contributed by atoms with E-state index in [1.165, 1.54) is 12.1 Å². The van der Waals surface area contributed by atoms with Crippen molar-refractivity contribution in [3.63, 3.8) is 0 Å². The molecule has 27 heavy (non-hydrogen) atoms. The fourth-order valence-electron chi connectivity index (χ4n) is 2.76. The minimum Gasteiger partial charge on any atom is -0.489 e. The first-order chi connectivity index (χ1) is 13.1. The zero-order valence-electron chi connectivity index (χ0n) is 15.3. The summed E-state index contributed by atoms with van der Waals surface area (Å²) in [5.74, 6) is 0.119. The minimum absolute atomic E-state index is 0.0865. The van der Waals surface area contributed by atoms with Gasteiger partial charge in [-0.2, -0.15) is 0 Å². The van der Waals surface area contributed by atoms with Gasteiger partial charge in [0.05, 0.1) is 12.7 Å². The fourth-order valence-corrected chi connectivity index (χ4v) is 2.76. The summed E-state index contributed by atoms with van der Waals surface area (Å²) >= 11 is 0. The van der Waals surface area contributed by atoms with Gasteiger partial charge in [-0.05, 0) is 49.6 Å². The van der Waals surface area contributed by atoms with Gasteiger partial charge in [0.2, 0.25) is 0 Å². The van der Waals surface area contributed by atoms with Gasteiger partial charge in [0.25, 0.3) is 5.91 Å². The Hall–Kier alpha value is -2.44. The lowest BCUT2D eigenvalue weighted by Crippen LogP contribution is -2.30. The normalized spacial score (nSPS) is 17.5. The Labute approximate surface area is 158 Å². The zero-order chi connectivity index (χ0) is 19.1. The van der Waals surface area contributed by atoms with E-state index in [0.717, 1.165) is 25.0 Å². The number of benzene rings is 2. The van der Waals surface area contributed by atoms with E-state index in [1.54, 1.807) is 43.3 Å². The quantitative estimate of drug-likeness (QED) is 0.762. The number of hydrogen-bond acceptors (Lipinski definition) is 4. The molecular weight excluding hydrogens is 349 g/mol. The lowest BCUT2D eigenvalue weighted by atomic mass is 10.2. The highest BCUT2D eigenvalue weighted by Crippen LogP contribution is 2.19. The number of ether oxygens (including phenoxy) is 3. The van der Waals surface area contributed by atoms with E-state index in [4.69, 9.17) is 14.2 Å². The summed E-state index contributed by atoms with van der Waals surface area (Å²) in [7, 11) is 0. The van der Waals surface area contributed by atoms with Crippen LogP contribution in [0.1, 0.15) is 25.3 Å². The molecule has 0 saturated carbocycles. The largest absolute Gasteiger partial charge is 0.489 e. The Morgan fingerprint density at radius 2 is 2.11 bits per heavy atom. The second-order valence-electron chi connectivity index (χ2n) is 6.54. The maximum atomic E-state index is 12.9. The molecule has 2 unspecified atom stereocenters. The maximum Gasteiger partial charge on any atom is 0.253 e. The molecule has 1 saturated heterocycles. The van der Waals surface area contributed by atoms with Crippen molar-refractivity contribution in [1.82, 2.24) is 0 Å². The van der Waals surface area contributed by atoms with Crippen molar-refractivity contribution in [2.45, 2.75) is 38.6 Å². The molecule has 0 aliphatic carbocycles. The van der Waals surface area contributed by atoms with Crippen molar-refractivity contribution in [2.24, 2.45) is 0 Å². The van der Waals surface area contributed by atoms with Crippen LogP contribution in [0.25, 0.3) is 0 Å². The monoisotopic (exact) mass is 373 g/mol. The average molecular weight is 373 g/mol. The van der Waals surface area contributed by atoms with Crippen LogP contribution in [-0.4, -0.2) is 31.3 Å². The highest BCUT2D eigenvalue weighted by molar-refractivity contribution is 5.94. The number of halogens is 1. The molecule has 2 aromatic rings. The number of anilines is 1. The van der Waals surface area contributed by atoms with Crippen molar-refractivity contribution in [1.29, 1.82) is 0 Å². The Morgan fingerprint density at radius 3 is 2.85 bits per heavy atom. The summed E-state index contributed by atoms with van der Waals surface area (Å²) in [5.41, 5.74) is 1.49. The molecule has 1 amide bonds. The van der Waals surface area contributed by atoms with Crippen LogP contribution < -0.4 is 10.1 Å². The molecule has 0 spiro atoms. The number of carbonyl (C=O) groups excluding carboxylic acids is 1. The SMILES string of the molecule is CC(OCC1CCCO1)C(=O)Nc1cccc(OCc2ccc(F)cc2)c1. The van der Waals surface area contributed by atoms with Gasteiger partial charge in [-0.25, -0.2) is 4.39 Å². The predicted molar refractivity (Wildman–Crippen MR) is 100 cm³/mol. The minimum atomic E-state index is -0.571. The molecule has 144 valence electrons. The highest BCUT2D eigenvalue weighted by atomic mass is 19.1. The predicted octanol–water partition coefficient (Wildman–Crippen LogP) is 3.93. The third kappa shape index (κ3) is 6.05. The summed E-state index contributed by atoms with van der Waals surface area (Å²) in [4.78, 5) is 12.3. The molecular formula is C21H24FNO4. The third-order valence-electron chi connectivity index (χ3n) is 4.35. The van der Waals surface area contributed by atoms with Crippen LogP contribution in [0.15, 0.2) is 48.5 Å². The van der Waals surface area contributed by atoms with Gasteiger partial charge in [0, 0.05) is 18.4 Å². The summed E-state index contributed by atoms with van der Waals surface area (Å²) in [6, 6.07) is 13.3. The third-order valence-corrected chi connectivity index (χ3v) is 4.35. The van der Waals surface area contributed by atoms with E-state index in [9.17, 15) is 9.18 Å². The van der Waals surface area contributed by atoms with Crippen molar-refractivity contribution in [3.8, 4) is 5.75 Å². The van der Waals surface area contributed by atoms with Gasteiger partial charge in [-0.1, -0.05) is 18.2 Å². The smallest absolute Gasteiger partial charge is 0.253 e. The van der Waals surface area contributed by atoms with E-state index < -0.39 is 6.10 Å². The van der Waals surface area contributed by atoms with E-state index in [1.807, 2.05) is 0 Å². The van der Waals surface area contributed by atoms with Gasteiger partial charge in [-0.15, -0.1) is 0 Å². The topological polar surface area (TPSA) is 56.8 Å². The Morgan fingerprint density at radius 1 is 1.30 bits per heavy atom. The molecule has 1 aliphatic heterocycles. The van der Waals surface area contributed by atoms with Gasteiger partial charge in [-0.3, -0.25) is 4.79 Å². The lowest BCUT2D eigenvalue weighted by molar-refractivity contribution is -0.128. The number of rotatable bonds is 8. The van der Waals surface area contributed by atoms with Crippen LogP contribution in [0.3, 0.4) is 0 Å². The first kappa shape index (κ1) is 19.3. The molecule has 2 aromatic carbocycles. The van der Waals surface area contributed by atoms with Crippen LogP contribution in [0, 0.1) is 5.82 Å². The summed E-state index contributed by atoms with van der Waals surface area (Å²) in [6.45, 7) is 3.23.